The number of hydrogen-bond acceptors (Lipinski definition) is 3. The fourth-order valence-corrected chi connectivity index (χ4v) is 2.31. The van der Waals surface area contributed by atoms with Crippen molar-refractivity contribution < 1.29 is 9.47 Å². The number of ether oxygens (including phenoxy) is 2. The molecule has 0 fully saturated rings. The van der Waals surface area contributed by atoms with Gasteiger partial charge in [0, 0.05) is 20.1 Å². The Morgan fingerprint density at radius 1 is 1.20 bits per heavy atom. The smallest absolute Gasteiger partial charge is 0.190 e. The Labute approximate surface area is 169 Å². The highest BCUT2D eigenvalue weighted by Gasteiger charge is 2.05. The molecule has 0 aliphatic heterocycles. The van der Waals surface area contributed by atoms with Crippen molar-refractivity contribution in [3.8, 4) is 11.5 Å². The minimum atomic E-state index is 0. The lowest BCUT2D eigenvalue weighted by atomic mass is 10.1. The minimum Gasteiger partial charge on any atom is -0.493 e. The van der Waals surface area contributed by atoms with Crippen molar-refractivity contribution in [3.63, 3.8) is 0 Å². The highest BCUT2D eigenvalue weighted by molar-refractivity contribution is 14.0. The molecule has 1 rings (SSSR count). The van der Waals surface area contributed by atoms with Crippen molar-refractivity contribution in [2.24, 2.45) is 4.99 Å². The monoisotopic (exact) mass is 461 g/mol. The predicted octanol–water partition coefficient (Wildman–Crippen LogP) is 3.78. The average molecular weight is 461 g/mol. The highest BCUT2D eigenvalue weighted by Crippen LogP contribution is 2.28. The quantitative estimate of drug-likeness (QED) is 0.183. The number of methoxy groups -OCH3 is 1. The molecule has 0 aliphatic rings. The molecule has 0 bridgehead atoms. The van der Waals surface area contributed by atoms with Crippen LogP contribution in [0, 0.1) is 0 Å². The summed E-state index contributed by atoms with van der Waals surface area (Å²) in [7, 11) is 3.46. The van der Waals surface area contributed by atoms with E-state index in [1.165, 1.54) is 5.56 Å². The van der Waals surface area contributed by atoms with Crippen LogP contribution < -0.4 is 20.1 Å². The minimum absolute atomic E-state index is 0. The molecule has 0 atom stereocenters. The van der Waals surface area contributed by atoms with E-state index in [2.05, 4.69) is 39.9 Å². The third kappa shape index (κ3) is 9.57. The Hall–Kier alpha value is -1.44. The van der Waals surface area contributed by atoms with Gasteiger partial charge in [0.1, 0.15) is 0 Å². The van der Waals surface area contributed by atoms with Crippen molar-refractivity contribution in [1.29, 1.82) is 0 Å². The van der Waals surface area contributed by atoms with E-state index in [0.29, 0.717) is 6.61 Å². The van der Waals surface area contributed by atoms with Crippen LogP contribution in [0.15, 0.2) is 35.3 Å². The molecule has 0 amide bonds. The van der Waals surface area contributed by atoms with Gasteiger partial charge in [-0.3, -0.25) is 4.99 Å². The summed E-state index contributed by atoms with van der Waals surface area (Å²) < 4.78 is 10.9. The molecule has 1 aromatic rings. The molecule has 0 aromatic heterocycles. The van der Waals surface area contributed by atoms with E-state index in [1.54, 1.807) is 14.2 Å². The van der Waals surface area contributed by atoms with Gasteiger partial charge in [-0.2, -0.15) is 0 Å². The van der Waals surface area contributed by atoms with Crippen molar-refractivity contribution in [3.05, 3.63) is 35.9 Å². The number of nitrogens with one attached hydrogen (secondary N) is 2. The number of halogens is 1. The lowest BCUT2D eigenvalue weighted by Gasteiger charge is -2.12. The number of rotatable bonds is 10. The first-order valence-corrected chi connectivity index (χ1v) is 8.60. The van der Waals surface area contributed by atoms with Gasteiger partial charge in [0.15, 0.2) is 17.5 Å². The van der Waals surface area contributed by atoms with E-state index in [9.17, 15) is 0 Å². The SMILES string of the molecule is C/C=C/CCNC(=NC)NCCCc1ccc(OC)c(OCC)c1.I. The second-order valence-corrected chi connectivity index (χ2v) is 5.31. The first kappa shape index (κ1) is 23.6. The van der Waals surface area contributed by atoms with Crippen molar-refractivity contribution >= 4 is 29.9 Å². The van der Waals surface area contributed by atoms with Gasteiger partial charge in [-0.1, -0.05) is 18.2 Å². The van der Waals surface area contributed by atoms with Crippen LogP contribution in [-0.2, 0) is 6.42 Å². The zero-order valence-corrected chi connectivity index (χ0v) is 18.1. The molecular formula is C19H32IN3O2. The molecule has 142 valence electrons. The fraction of sp³-hybridized carbons (Fsp3) is 0.526. The van der Waals surface area contributed by atoms with Gasteiger partial charge in [0.25, 0.3) is 0 Å². The molecule has 6 heteroatoms. The number of aryl methyl sites for hydroxylation is 1. The largest absolute Gasteiger partial charge is 0.493 e. The molecule has 5 nitrogen and oxygen atoms in total. The molecule has 2 N–H and O–H groups in total. The third-order valence-electron chi connectivity index (χ3n) is 3.53. The van der Waals surface area contributed by atoms with Crippen LogP contribution in [0.2, 0.25) is 0 Å². The summed E-state index contributed by atoms with van der Waals surface area (Å²) in [6, 6.07) is 6.12. The lowest BCUT2D eigenvalue weighted by molar-refractivity contribution is 0.310. The fourth-order valence-electron chi connectivity index (χ4n) is 2.31. The van der Waals surface area contributed by atoms with Crippen molar-refractivity contribution in [2.45, 2.75) is 33.1 Å². The van der Waals surface area contributed by atoms with Crippen molar-refractivity contribution in [1.82, 2.24) is 10.6 Å². The Bertz CT molecular complexity index is 533. The molecule has 0 saturated heterocycles. The number of guanidine groups is 1. The second-order valence-electron chi connectivity index (χ2n) is 5.31. The van der Waals surface area contributed by atoms with Gasteiger partial charge >= 0.3 is 0 Å². The summed E-state index contributed by atoms with van der Waals surface area (Å²) in [6.45, 7) is 6.41. The number of hydrogen-bond donors (Lipinski definition) is 2. The van der Waals surface area contributed by atoms with E-state index < -0.39 is 0 Å². The van der Waals surface area contributed by atoms with E-state index in [-0.39, 0.29) is 24.0 Å². The van der Waals surface area contributed by atoms with Gasteiger partial charge in [0.2, 0.25) is 0 Å². The Morgan fingerprint density at radius 3 is 2.60 bits per heavy atom. The summed E-state index contributed by atoms with van der Waals surface area (Å²) in [4.78, 5) is 4.23. The second kappa shape index (κ2) is 14.9. The summed E-state index contributed by atoms with van der Waals surface area (Å²) in [5.41, 5.74) is 1.25. The molecule has 0 saturated carbocycles. The maximum Gasteiger partial charge on any atom is 0.190 e. The average Bonchev–Trinajstić information content (AvgIpc) is 2.61. The Kier molecular flexibility index (Phi) is 14.0. The molecule has 1 aromatic carbocycles. The molecule has 0 aliphatic carbocycles. The molecule has 0 spiro atoms. The van der Waals surface area contributed by atoms with E-state index in [0.717, 1.165) is 49.8 Å². The molecule has 0 radical (unpaired) electrons. The van der Waals surface area contributed by atoms with Crippen LogP contribution in [-0.4, -0.2) is 39.8 Å². The normalized spacial score (nSPS) is 11.1. The van der Waals surface area contributed by atoms with E-state index >= 15 is 0 Å². The molecular weight excluding hydrogens is 429 g/mol. The first-order valence-electron chi connectivity index (χ1n) is 8.60. The van der Waals surface area contributed by atoms with Crippen LogP contribution in [0.4, 0.5) is 0 Å². The maximum atomic E-state index is 5.62. The number of aliphatic imine (C=N–C) groups is 1. The van der Waals surface area contributed by atoms with E-state index in [1.807, 2.05) is 19.9 Å². The van der Waals surface area contributed by atoms with Crippen LogP contribution in [0.1, 0.15) is 32.3 Å². The highest BCUT2D eigenvalue weighted by atomic mass is 127. The molecule has 0 heterocycles. The van der Waals surface area contributed by atoms with Crippen LogP contribution >= 0.6 is 24.0 Å². The topological polar surface area (TPSA) is 54.9 Å². The molecule has 0 unspecified atom stereocenters. The summed E-state index contributed by atoms with van der Waals surface area (Å²) in [6.07, 6.45) is 7.20. The van der Waals surface area contributed by atoms with E-state index in [4.69, 9.17) is 9.47 Å². The summed E-state index contributed by atoms with van der Waals surface area (Å²) >= 11 is 0. The summed E-state index contributed by atoms with van der Waals surface area (Å²) in [5, 5.41) is 6.63. The zero-order chi connectivity index (χ0) is 17.6. The van der Waals surface area contributed by atoms with Gasteiger partial charge < -0.3 is 20.1 Å². The maximum absolute atomic E-state index is 5.62. The van der Waals surface area contributed by atoms with Gasteiger partial charge in [0.05, 0.1) is 13.7 Å². The standard InChI is InChI=1S/C19H31N3O2.HI/c1-5-7-8-13-21-19(20-3)22-14-9-10-16-11-12-17(23-4)18(15-16)24-6-2;/h5,7,11-12,15H,6,8-10,13-14H2,1-4H3,(H2,20,21,22);1H/b7-5+;. The van der Waals surface area contributed by atoms with Crippen molar-refractivity contribution in [2.75, 3.05) is 33.9 Å². The Morgan fingerprint density at radius 2 is 1.96 bits per heavy atom. The third-order valence-corrected chi connectivity index (χ3v) is 3.53. The van der Waals surface area contributed by atoms with Crippen LogP contribution in [0.25, 0.3) is 0 Å². The number of allylic oxidation sites excluding steroid dienone is 1. The predicted molar refractivity (Wildman–Crippen MR) is 117 cm³/mol. The van der Waals surface area contributed by atoms with Crippen LogP contribution in [0.5, 0.6) is 11.5 Å². The number of benzene rings is 1. The van der Waals surface area contributed by atoms with Gasteiger partial charge in [-0.25, -0.2) is 0 Å². The lowest BCUT2D eigenvalue weighted by Crippen LogP contribution is -2.38. The zero-order valence-electron chi connectivity index (χ0n) is 15.8. The van der Waals surface area contributed by atoms with Crippen LogP contribution in [0.3, 0.4) is 0 Å². The van der Waals surface area contributed by atoms with Gasteiger partial charge in [-0.05, 0) is 50.8 Å². The summed E-state index contributed by atoms with van der Waals surface area (Å²) in [5.74, 6) is 2.45. The number of nitrogens with zero attached hydrogens (tertiary/aromatic N) is 1. The Balaban J connectivity index is 0.00000576. The first-order chi connectivity index (χ1) is 11.7. The molecule has 25 heavy (non-hydrogen) atoms. The van der Waals surface area contributed by atoms with Gasteiger partial charge in [-0.15, -0.1) is 24.0 Å².